The van der Waals surface area contributed by atoms with Gasteiger partial charge in [-0.15, -0.1) is 0 Å². The summed E-state index contributed by atoms with van der Waals surface area (Å²) in [6.07, 6.45) is 5.25. The van der Waals surface area contributed by atoms with Crippen LogP contribution in [0.2, 0.25) is 0 Å². The first-order chi connectivity index (χ1) is 15.5. The van der Waals surface area contributed by atoms with Crippen LogP contribution in [0, 0.1) is 5.92 Å². The number of piperazine rings is 1. The van der Waals surface area contributed by atoms with Gasteiger partial charge in [-0.25, -0.2) is 8.42 Å². The van der Waals surface area contributed by atoms with Crippen molar-refractivity contribution in [1.82, 2.24) is 4.31 Å². The molecule has 0 radical (unpaired) electrons. The molecule has 1 heterocycles. The van der Waals surface area contributed by atoms with Crippen molar-refractivity contribution in [3.63, 3.8) is 0 Å². The highest BCUT2D eigenvalue weighted by atomic mass is 32.2. The van der Waals surface area contributed by atoms with Gasteiger partial charge in [-0.2, -0.15) is 4.31 Å². The molecule has 0 bridgehead atoms. The number of nitrogens with one attached hydrogen (secondary N) is 1. The van der Waals surface area contributed by atoms with Crippen LogP contribution in [0.3, 0.4) is 0 Å². The molecular formula is C24H31N3O4S. The number of hydrogen-bond acceptors (Lipinski definition) is 5. The third-order valence-corrected chi connectivity index (χ3v) is 8.31. The summed E-state index contributed by atoms with van der Waals surface area (Å²) in [6, 6.07) is 14.3. The molecular weight excluding hydrogens is 426 g/mol. The summed E-state index contributed by atoms with van der Waals surface area (Å²) in [7, 11) is -1.95. The number of benzene rings is 2. The number of anilines is 2. The number of rotatable bonds is 6. The Morgan fingerprint density at radius 3 is 2.25 bits per heavy atom. The number of sulfonamides is 1. The summed E-state index contributed by atoms with van der Waals surface area (Å²) in [5, 5.41) is 2.94. The van der Waals surface area contributed by atoms with Gasteiger partial charge in [-0.05, 0) is 49.2 Å². The topological polar surface area (TPSA) is 79.0 Å². The highest BCUT2D eigenvalue weighted by molar-refractivity contribution is 7.89. The highest BCUT2D eigenvalue weighted by Gasteiger charge is 2.29. The monoisotopic (exact) mass is 457 g/mol. The Morgan fingerprint density at radius 2 is 1.59 bits per heavy atom. The molecule has 1 N–H and O–H groups in total. The van der Waals surface area contributed by atoms with Gasteiger partial charge < -0.3 is 15.0 Å². The molecule has 2 aromatic rings. The molecule has 8 heteroatoms. The first-order valence-electron chi connectivity index (χ1n) is 11.3. The summed E-state index contributed by atoms with van der Waals surface area (Å²) in [5.41, 5.74) is 1.62. The van der Waals surface area contributed by atoms with Crippen LogP contribution in [0.1, 0.15) is 32.1 Å². The number of carbonyl (C=O) groups excluding carboxylic acids is 1. The van der Waals surface area contributed by atoms with Gasteiger partial charge in [-0.1, -0.05) is 31.4 Å². The van der Waals surface area contributed by atoms with E-state index in [9.17, 15) is 13.2 Å². The Kier molecular flexibility index (Phi) is 7.01. The van der Waals surface area contributed by atoms with E-state index in [0.29, 0.717) is 31.9 Å². The Balaban J connectivity index is 1.38. The van der Waals surface area contributed by atoms with Gasteiger partial charge >= 0.3 is 0 Å². The molecule has 1 amide bonds. The second-order valence-electron chi connectivity index (χ2n) is 8.41. The Labute approximate surface area is 190 Å². The number of amides is 1. The molecule has 0 atom stereocenters. The maximum atomic E-state index is 13.1. The zero-order chi connectivity index (χ0) is 22.6. The van der Waals surface area contributed by atoms with Crippen LogP contribution < -0.4 is 15.0 Å². The Bertz CT molecular complexity index is 1030. The maximum absolute atomic E-state index is 13.1. The Hall–Kier alpha value is -2.58. The molecule has 2 fully saturated rings. The van der Waals surface area contributed by atoms with E-state index >= 15 is 0 Å². The molecule has 32 heavy (non-hydrogen) atoms. The quantitative estimate of drug-likeness (QED) is 0.715. The van der Waals surface area contributed by atoms with E-state index in [1.165, 1.54) is 10.7 Å². The van der Waals surface area contributed by atoms with E-state index in [1.807, 2.05) is 24.3 Å². The lowest BCUT2D eigenvalue weighted by Crippen LogP contribution is -2.48. The summed E-state index contributed by atoms with van der Waals surface area (Å²) in [6.45, 7) is 1.99. The standard InChI is InChI=1S/C24H31N3O4S/c1-31-23-10-6-5-9-22(23)26-15-17-27(18-16-26)32(29,30)21-13-11-20(12-14-21)25-24(28)19-7-3-2-4-8-19/h5-6,9-14,19H,2-4,7-8,15-18H2,1H3,(H,25,28). The third-order valence-electron chi connectivity index (χ3n) is 6.40. The van der Waals surface area contributed by atoms with Crippen molar-refractivity contribution in [2.45, 2.75) is 37.0 Å². The maximum Gasteiger partial charge on any atom is 0.243 e. The summed E-state index contributed by atoms with van der Waals surface area (Å²) in [4.78, 5) is 14.8. The van der Waals surface area contributed by atoms with Gasteiger partial charge in [0.1, 0.15) is 5.75 Å². The zero-order valence-corrected chi connectivity index (χ0v) is 19.3. The molecule has 2 aliphatic rings. The minimum atomic E-state index is -3.59. The van der Waals surface area contributed by atoms with Gasteiger partial charge in [0.2, 0.25) is 15.9 Å². The van der Waals surface area contributed by atoms with Gasteiger partial charge in [-0.3, -0.25) is 4.79 Å². The van der Waals surface area contributed by atoms with Crippen LogP contribution in [-0.2, 0) is 14.8 Å². The predicted octanol–water partition coefficient (Wildman–Crippen LogP) is 3.72. The van der Waals surface area contributed by atoms with Crippen LogP contribution in [0.5, 0.6) is 5.75 Å². The van der Waals surface area contributed by atoms with Gasteiger partial charge in [0.25, 0.3) is 0 Å². The van der Waals surface area contributed by atoms with E-state index in [2.05, 4.69) is 10.2 Å². The summed E-state index contributed by atoms with van der Waals surface area (Å²) < 4.78 is 33.2. The Morgan fingerprint density at radius 1 is 0.938 bits per heavy atom. The fourth-order valence-electron chi connectivity index (χ4n) is 4.53. The van der Waals surface area contributed by atoms with Crippen LogP contribution in [0.25, 0.3) is 0 Å². The van der Waals surface area contributed by atoms with Crippen LogP contribution in [0.4, 0.5) is 11.4 Å². The van der Waals surface area contributed by atoms with Crippen LogP contribution >= 0.6 is 0 Å². The van der Waals surface area contributed by atoms with E-state index in [-0.39, 0.29) is 16.7 Å². The number of carbonyl (C=O) groups is 1. The largest absolute Gasteiger partial charge is 0.495 e. The highest BCUT2D eigenvalue weighted by Crippen LogP contribution is 2.30. The summed E-state index contributed by atoms with van der Waals surface area (Å²) >= 11 is 0. The van der Waals surface area contributed by atoms with E-state index in [1.54, 1.807) is 31.4 Å². The first kappa shape index (κ1) is 22.6. The average Bonchev–Trinajstić information content (AvgIpc) is 2.85. The van der Waals surface area contributed by atoms with Crippen molar-refractivity contribution in [3.05, 3.63) is 48.5 Å². The predicted molar refractivity (Wildman–Crippen MR) is 126 cm³/mol. The molecule has 0 spiro atoms. The van der Waals surface area contributed by atoms with E-state index in [4.69, 9.17) is 4.74 Å². The van der Waals surface area contributed by atoms with Crippen molar-refractivity contribution in [3.8, 4) is 5.75 Å². The minimum Gasteiger partial charge on any atom is -0.495 e. The molecule has 2 aromatic carbocycles. The fraction of sp³-hybridized carbons (Fsp3) is 0.458. The van der Waals surface area contributed by atoms with Gasteiger partial charge in [0, 0.05) is 37.8 Å². The number of para-hydroxylation sites is 2. The van der Waals surface area contributed by atoms with Gasteiger partial charge in [0.15, 0.2) is 0 Å². The smallest absolute Gasteiger partial charge is 0.243 e. The van der Waals surface area contributed by atoms with Gasteiger partial charge in [0.05, 0.1) is 17.7 Å². The lowest BCUT2D eigenvalue weighted by molar-refractivity contribution is -0.120. The first-order valence-corrected chi connectivity index (χ1v) is 12.7. The molecule has 4 rings (SSSR count). The van der Waals surface area contributed by atoms with Crippen molar-refractivity contribution >= 4 is 27.3 Å². The number of methoxy groups -OCH3 is 1. The van der Waals surface area contributed by atoms with E-state index < -0.39 is 10.0 Å². The fourth-order valence-corrected chi connectivity index (χ4v) is 5.95. The molecule has 0 unspecified atom stereocenters. The van der Waals surface area contributed by atoms with Crippen molar-refractivity contribution in [1.29, 1.82) is 0 Å². The second-order valence-corrected chi connectivity index (χ2v) is 10.3. The van der Waals surface area contributed by atoms with Crippen LogP contribution in [-0.4, -0.2) is 51.9 Å². The van der Waals surface area contributed by atoms with Crippen molar-refractivity contribution in [2.24, 2.45) is 5.92 Å². The third kappa shape index (κ3) is 4.91. The number of nitrogens with zero attached hydrogens (tertiary/aromatic N) is 2. The zero-order valence-electron chi connectivity index (χ0n) is 18.5. The normalized spacial score (nSPS) is 18.3. The lowest BCUT2D eigenvalue weighted by atomic mass is 9.88. The molecule has 172 valence electrons. The molecule has 1 saturated heterocycles. The lowest BCUT2D eigenvalue weighted by Gasteiger charge is -2.35. The minimum absolute atomic E-state index is 0.0350. The summed E-state index contributed by atoms with van der Waals surface area (Å²) in [5.74, 6) is 0.883. The van der Waals surface area contributed by atoms with Crippen molar-refractivity contribution < 1.29 is 17.9 Å². The second kappa shape index (κ2) is 9.92. The van der Waals surface area contributed by atoms with Crippen molar-refractivity contribution in [2.75, 3.05) is 43.5 Å². The molecule has 7 nitrogen and oxygen atoms in total. The molecule has 1 saturated carbocycles. The molecule has 1 aliphatic heterocycles. The van der Waals surface area contributed by atoms with Crippen LogP contribution in [0.15, 0.2) is 53.4 Å². The van der Waals surface area contributed by atoms with E-state index in [0.717, 1.165) is 37.1 Å². The average molecular weight is 458 g/mol. The SMILES string of the molecule is COc1ccccc1N1CCN(S(=O)(=O)c2ccc(NC(=O)C3CCCCC3)cc2)CC1. The molecule has 1 aliphatic carbocycles. The number of ether oxygens (including phenoxy) is 1. The number of hydrogen-bond donors (Lipinski definition) is 1. The molecule has 0 aromatic heterocycles.